The van der Waals surface area contributed by atoms with Gasteiger partial charge < -0.3 is 10.1 Å². The second-order valence-corrected chi connectivity index (χ2v) is 6.37. The van der Waals surface area contributed by atoms with Gasteiger partial charge in [0.05, 0.1) is 6.10 Å². The quantitative estimate of drug-likeness (QED) is 0.602. The first kappa shape index (κ1) is 14.9. The number of nitrogens with one attached hydrogen (secondary N) is 1. The van der Waals surface area contributed by atoms with Crippen molar-refractivity contribution in [2.24, 2.45) is 0 Å². The van der Waals surface area contributed by atoms with Crippen LogP contribution in [0.15, 0.2) is 29.2 Å². The van der Waals surface area contributed by atoms with Gasteiger partial charge in [-0.15, -0.1) is 11.8 Å². The Kier molecular flexibility index (Phi) is 6.21. The Morgan fingerprint density at radius 2 is 2.16 bits per heavy atom. The third-order valence-corrected chi connectivity index (χ3v) is 4.87. The Hall–Kier alpha value is -0.510. The van der Waals surface area contributed by atoms with Crippen LogP contribution in [0.1, 0.15) is 44.2 Å². The van der Waals surface area contributed by atoms with Crippen LogP contribution in [0.5, 0.6) is 0 Å². The fraction of sp³-hybridized carbons (Fsp3) is 0.625. The van der Waals surface area contributed by atoms with E-state index in [4.69, 9.17) is 4.74 Å². The van der Waals surface area contributed by atoms with Gasteiger partial charge in [0.2, 0.25) is 0 Å². The largest absolute Gasteiger partial charge is 0.378 e. The maximum Gasteiger partial charge on any atom is 0.0576 e. The predicted molar refractivity (Wildman–Crippen MR) is 82.8 cm³/mol. The van der Waals surface area contributed by atoms with Crippen molar-refractivity contribution in [3.63, 3.8) is 0 Å². The van der Waals surface area contributed by atoms with E-state index < -0.39 is 0 Å². The Morgan fingerprint density at radius 3 is 2.79 bits per heavy atom. The highest BCUT2D eigenvalue weighted by molar-refractivity contribution is 7.99. The fourth-order valence-electron chi connectivity index (χ4n) is 2.39. The molecule has 2 rings (SSSR count). The van der Waals surface area contributed by atoms with E-state index >= 15 is 0 Å². The minimum absolute atomic E-state index is 0.429. The molecule has 1 aliphatic heterocycles. The van der Waals surface area contributed by atoms with Gasteiger partial charge in [-0.3, -0.25) is 0 Å². The molecule has 2 nitrogen and oxygen atoms in total. The van der Waals surface area contributed by atoms with Gasteiger partial charge in [0, 0.05) is 17.5 Å². The lowest BCUT2D eigenvalue weighted by Crippen LogP contribution is -2.11. The summed E-state index contributed by atoms with van der Waals surface area (Å²) in [5, 5.41) is 3.26. The third-order valence-electron chi connectivity index (χ3n) is 3.78. The van der Waals surface area contributed by atoms with Gasteiger partial charge in [-0.05, 0) is 63.1 Å². The van der Waals surface area contributed by atoms with Crippen LogP contribution >= 0.6 is 11.8 Å². The van der Waals surface area contributed by atoms with Crippen molar-refractivity contribution in [3.8, 4) is 0 Å². The first-order valence-electron chi connectivity index (χ1n) is 7.31. The van der Waals surface area contributed by atoms with Crippen LogP contribution < -0.4 is 5.32 Å². The Balaban J connectivity index is 1.67. The van der Waals surface area contributed by atoms with Gasteiger partial charge in [0.15, 0.2) is 0 Å². The van der Waals surface area contributed by atoms with E-state index in [1.165, 1.54) is 41.9 Å². The second kappa shape index (κ2) is 7.93. The third kappa shape index (κ3) is 4.83. The standard InChI is InChI=1S/C16H25NOS/c1-13(17-2)14-7-9-16(10-8-14)19-12-4-6-15-5-3-11-18-15/h7-10,13,15,17H,3-6,11-12H2,1-2H3. The number of ether oxygens (including phenoxy) is 1. The number of benzene rings is 1. The molecule has 0 bridgehead atoms. The van der Waals surface area contributed by atoms with Gasteiger partial charge in [0.1, 0.15) is 0 Å². The van der Waals surface area contributed by atoms with Gasteiger partial charge in [0.25, 0.3) is 0 Å². The first-order chi connectivity index (χ1) is 9.29. The van der Waals surface area contributed by atoms with Crippen molar-refractivity contribution >= 4 is 11.8 Å². The molecule has 1 aromatic carbocycles. The summed E-state index contributed by atoms with van der Waals surface area (Å²) in [4.78, 5) is 1.37. The van der Waals surface area contributed by atoms with Crippen molar-refractivity contribution in [1.29, 1.82) is 0 Å². The molecule has 3 heteroatoms. The van der Waals surface area contributed by atoms with Gasteiger partial charge in [-0.25, -0.2) is 0 Å². The molecule has 1 fully saturated rings. The smallest absolute Gasteiger partial charge is 0.0576 e. The maximum atomic E-state index is 5.64. The molecule has 2 unspecified atom stereocenters. The summed E-state index contributed by atoms with van der Waals surface area (Å²) in [7, 11) is 2.00. The molecular weight excluding hydrogens is 254 g/mol. The lowest BCUT2D eigenvalue weighted by molar-refractivity contribution is 0.104. The van der Waals surface area contributed by atoms with Crippen LogP contribution in [0.3, 0.4) is 0 Å². The van der Waals surface area contributed by atoms with Gasteiger partial charge >= 0.3 is 0 Å². The molecular formula is C16H25NOS. The van der Waals surface area contributed by atoms with Crippen LogP contribution in [0.4, 0.5) is 0 Å². The normalized spacial score (nSPS) is 20.6. The number of thioether (sulfide) groups is 1. The SMILES string of the molecule is CNC(C)c1ccc(SCCCC2CCCO2)cc1. The Bertz CT molecular complexity index is 360. The van der Waals surface area contributed by atoms with Crippen molar-refractivity contribution in [1.82, 2.24) is 5.32 Å². The van der Waals surface area contributed by atoms with Crippen LogP contribution in [0.2, 0.25) is 0 Å². The van der Waals surface area contributed by atoms with Gasteiger partial charge in [-0.2, -0.15) is 0 Å². The van der Waals surface area contributed by atoms with Crippen molar-refractivity contribution in [2.45, 2.75) is 49.6 Å². The van der Waals surface area contributed by atoms with E-state index in [9.17, 15) is 0 Å². The summed E-state index contributed by atoms with van der Waals surface area (Å²) in [5.41, 5.74) is 1.35. The summed E-state index contributed by atoms with van der Waals surface area (Å²) in [6, 6.07) is 9.35. The summed E-state index contributed by atoms with van der Waals surface area (Å²) >= 11 is 1.96. The summed E-state index contributed by atoms with van der Waals surface area (Å²) in [5.74, 6) is 1.20. The molecule has 0 spiro atoms. The Morgan fingerprint density at radius 1 is 1.37 bits per heavy atom. The predicted octanol–water partition coefficient (Wildman–Crippen LogP) is 4.02. The summed E-state index contributed by atoms with van der Waals surface area (Å²) in [6.45, 7) is 3.16. The number of hydrogen-bond acceptors (Lipinski definition) is 3. The molecule has 1 aromatic rings. The number of hydrogen-bond donors (Lipinski definition) is 1. The van der Waals surface area contributed by atoms with E-state index in [1.807, 2.05) is 18.8 Å². The lowest BCUT2D eigenvalue weighted by Gasteiger charge is -2.11. The zero-order chi connectivity index (χ0) is 13.5. The Labute approximate surface area is 121 Å². The highest BCUT2D eigenvalue weighted by atomic mass is 32.2. The molecule has 106 valence electrons. The number of rotatable bonds is 7. The van der Waals surface area contributed by atoms with Crippen molar-refractivity contribution in [3.05, 3.63) is 29.8 Å². The van der Waals surface area contributed by atoms with E-state index in [0.29, 0.717) is 12.1 Å². The molecule has 19 heavy (non-hydrogen) atoms. The van der Waals surface area contributed by atoms with Crippen molar-refractivity contribution < 1.29 is 4.74 Å². The second-order valence-electron chi connectivity index (χ2n) is 5.21. The zero-order valence-corrected chi connectivity index (χ0v) is 12.8. The fourth-order valence-corrected chi connectivity index (χ4v) is 3.27. The maximum absolute atomic E-state index is 5.64. The topological polar surface area (TPSA) is 21.3 Å². The van der Waals surface area contributed by atoms with Crippen LogP contribution in [-0.4, -0.2) is 25.5 Å². The summed E-state index contributed by atoms with van der Waals surface area (Å²) in [6.07, 6.45) is 5.54. The molecule has 0 radical (unpaired) electrons. The lowest BCUT2D eigenvalue weighted by atomic mass is 10.1. The molecule has 1 saturated heterocycles. The molecule has 0 amide bonds. The molecule has 0 aromatic heterocycles. The average molecular weight is 279 g/mol. The van der Waals surface area contributed by atoms with E-state index in [2.05, 4.69) is 36.5 Å². The van der Waals surface area contributed by atoms with Gasteiger partial charge in [-0.1, -0.05) is 12.1 Å². The van der Waals surface area contributed by atoms with Crippen LogP contribution in [0.25, 0.3) is 0 Å². The zero-order valence-electron chi connectivity index (χ0n) is 12.0. The van der Waals surface area contributed by atoms with Crippen LogP contribution in [0, 0.1) is 0 Å². The van der Waals surface area contributed by atoms with E-state index in [-0.39, 0.29) is 0 Å². The van der Waals surface area contributed by atoms with Crippen molar-refractivity contribution in [2.75, 3.05) is 19.4 Å². The monoisotopic (exact) mass is 279 g/mol. The molecule has 1 aliphatic rings. The first-order valence-corrected chi connectivity index (χ1v) is 8.30. The molecule has 2 atom stereocenters. The minimum Gasteiger partial charge on any atom is -0.378 e. The van der Waals surface area contributed by atoms with E-state index in [1.54, 1.807) is 0 Å². The van der Waals surface area contributed by atoms with E-state index in [0.717, 1.165) is 6.61 Å². The summed E-state index contributed by atoms with van der Waals surface area (Å²) < 4.78 is 5.64. The molecule has 1 N–H and O–H groups in total. The highest BCUT2D eigenvalue weighted by Crippen LogP contribution is 2.24. The molecule has 0 aliphatic carbocycles. The average Bonchev–Trinajstić information content (AvgIpc) is 2.96. The minimum atomic E-state index is 0.429. The molecule has 0 saturated carbocycles. The van der Waals surface area contributed by atoms with Crippen LogP contribution in [-0.2, 0) is 4.74 Å². The highest BCUT2D eigenvalue weighted by Gasteiger charge is 2.14. The molecule has 1 heterocycles.